The minimum atomic E-state index is -4.57. The zero-order valence-corrected chi connectivity index (χ0v) is 21.1. The summed E-state index contributed by atoms with van der Waals surface area (Å²) in [7, 11) is 0.990. The van der Waals surface area contributed by atoms with Crippen LogP contribution in [0, 0.1) is 11.6 Å². The lowest BCUT2D eigenvalue weighted by Gasteiger charge is -2.20. The average Bonchev–Trinajstić information content (AvgIpc) is 3.34. The molecule has 8 nitrogen and oxygen atoms in total. The molecule has 3 rings (SSSR count). The Kier molecular flexibility index (Phi) is 9.38. The molecule has 3 amide bonds. The number of likely N-dealkylation sites (N-methyl/N-ethyl adjacent to an activating group) is 1. The van der Waals surface area contributed by atoms with Gasteiger partial charge in [-0.3, -0.25) is 19.1 Å². The number of halogens is 5. The van der Waals surface area contributed by atoms with Crippen LogP contribution in [0.25, 0.3) is 0 Å². The summed E-state index contributed by atoms with van der Waals surface area (Å²) in [5.74, 6) is -3.65. The van der Waals surface area contributed by atoms with Gasteiger partial charge in [-0.1, -0.05) is 18.2 Å². The van der Waals surface area contributed by atoms with E-state index < -0.39 is 54.5 Å². The maximum atomic E-state index is 14.8. The third kappa shape index (κ3) is 8.35. The van der Waals surface area contributed by atoms with Crippen molar-refractivity contribution in [1.82, 2.24) is 20.0 Å². The van der Waals surface area contributed by atoms with E-state index in [2.05, 4.69) is 15.7 Å². The van der Waals surface area contributed by atoms with Crippen molar-refractivity contribution in [3.05, 3.63) is 83.2 Å². The molecule has 0 aliphatic heterocycles. The lowest BCUT2D eigenvalue weighted by Crippen LogP contribution is -2.45. The molecule has 0 aliphatic carbocycles. The van der Waals surface area contributed by atoms with Crippen LogP contribution in [-0.4, -0.2) is 58.2 Å². The fraction of sp³-hybridized carbons (Fsp3) is 0.308. The highest BCUT2D eigenvalue weighted by atomic mass is 19.4. The zero-order valence-electron chi connectivity index (χ0n) is 21.1. The number of amides is 3. The van der Waals surface area contributed by atoms with Crippen LogP contribution in [0.3, 0.4) is 0 Å². The smallest absolute Gasteiger partial charge is 0.339 e. The highest BCUT2D eigenvalue weighted by Gasteiger charge is 2.31. The van der Waals surface area contributed by atoms with Crippen LogP contribution in [0.5, 0.6) is 0 Å². The number of rotatable bonds is 10. The number of aryl methyl sites for hydroxylation is 1. The molecule has 3 aromatic rings. The summed E-state index contributed by atoms with van der Waals surface area (Å²) >= 11 is 0. The Balaban J connectivity index is 1.75. The van der Waals surface area contributed by atoms with Gasteiger partial charge in [-0.05, 0) is 48.4 Å². The van der Waals surface area contributed by atoms with Gasteiger partial charge in [0.15, 0.2) is 0 Å². The molecule has 208 valence electrons. The van der Waals surface area contributed by atoms with Crippen LogP contribution < -0.4 is 10.6 Å². The van der Waals surface area contributed by atoms with E-state index in [0.717, 1.165) is 13.1 Å². The molecule has 0 fully saturated rings. The van der Waals surface area contributed by atoms with Crippen molar-refractivity contribution in [2.45, 2.75) is 38.5 Å². The number of carbonyl (C=O) groups excluding carboxylic acids is 3. The Bertz CT molecular complexity index is 1320. The number of carbonyl (C=O) groups is 3. The quantitative estimate of drug-likeness (QED) is 0.376. The molecule has 0 saturated heterocycles. The van der Waals surface area contributed by atoms with Crippen LogP contribution >= 0.6 is 0 Å². The minimum Gasteiger partial charge on any atom is -0.339 e. The van der Waals surface area contributed by atoms with Crippen molar-refractivity contribution in [2.24, 2.45) is 0 Å². The zero-order chi connectivity index (χ0) is 28.7. The average molecular weight is 552 g/mol. The third-order valence-corrected chi connectivity index (χ3v) is 5.71. The van der Waals surface area contributed by atoms with E-state index >= 15 is 0 Å². The van der Waals surface area contributed by atoms with Crippen LogP contribution in [0.2, 0.25) is 0 Å². The Labute approximate surface area is 220 Å². The highest BCUT2D eigenvalue weighted by Crippen LogP contribution is 2.19. The van der Waals surface area contributed by atoms with Crippen molar-refractivity contribution in [3.63, 3.8) is 0 Å². The highest BCUT2D eigenvalue weighted by molar-refractivity contribution is 6.00. The molecule has 0 bridgehead atoms. The van der Waals surface area contributed by atoms with E-state index in [1.807, 2.05) is 0 Å². The summed E-state index contributed by atoms with van der Waals surface area (Å²) < 4.78 is 67.1. The number of aromatic nitrogens is 2. The van der Waals surface area contributed by atoms with Gasteiger partial charge in [0.25, 0.3) is 5.91 Å². The Morgan fingerprint density at radius 1 is 1.03 bits per heavy atom. The Morgan fingerprint density at radius 2 is 1.69 bits per heavy atom. The third-order valence-electron chi connectivity index (χ3n) is 5.71. The lowest BCUT2D eigenvalue weighted by molar-refractivity contribution is -0.157. The fourth-order valence-electron chi connectivity index (χ4n) is 3.73. The Hall–Kier alpha value is -4.29. The van der Waals surface area contributed by atoms with Gasteiger partial charge in [-0.2, -0.15) is 18.3 Å². The molecule has 0 spiro atoms. The molecule has 0 saturated carbocycles. The van der Waals surface area contributed by atoms with E-state index in [1.165, 1.54) is 53.3 Å². The first-order chi connectivity index (χ1) is 18.4. The molecule has 1 aromatic heterocycles. The number of nitrogens with zero attached hydrogens (tertiary/aromatic N) is 3. The first-order valence-electron chi connectivity index (χ1n) is 11.8. The molecule has 13 heteroatoms. The van der Waals surface area contributed by atoms with Gasteiger partial charge in [-0.15, -0.1) is 0 Å². The normalized spacial score (nSPS) is 12.1. The SMILES string of the molecule is CCn1nccc1C(=O)NC(Cc1ccc(F)cc1)C(=O)Nc1ccc(CC(=O)N(C)CC(F)(F)F)cc1F. The summed E-state index contributed by atoms with van der Waals surface area (Å²) in [4.78, 5) is 38.5. The first kappa shape index (κ1) is 29.3. The second-order valence-electron chi connectivity index (χ2n) is 8.73. The Morgan fingerprint density at radius 3 is 2.31 bits per heavy atom. The number of nitrogens with one attached hydrogen (secondary N) is 2. The van der Waals surface area contributed by atoms with E-state index in [1.54, 1.807) is 6.92 Å². The molecular formula is C26H26F5N5O3. The van der Waals surface area contributed by atoms with Crippen LogP contribution in [0.4, 0.5) is 27.6 Å². The fourth-order valence-corrected chi connectivity index (χ4v) is 3.73. The maximum absolute atomic E-state index is 14.8. The molecular weight excluding hydrogens is 525 g/mol. The molecule has 1 heterocycles. The molecule has 0 radical (unpaired) electrons. The molecule has 1 unspecified atom stereocenters. The van der Waals surface area contributed by atoms with Gasteiger partial charge in [0.2, 0.25) is 11.8 Å². The van der Waals surface area contributed by atoms with Crippen molar-refractivity contribution < 1.29 is 36.3 Å². The van der Waals surface area contributed by atoms with Gasteiger partial charge in [-0.25, -0.2) is 8.78 Å². The van der Waals surface area contributed by atoms with Gasteiger partial charge >= 0.3 is 6.18 Å². The van der Waals surface area contributed by atoms with Gasteiger partial charge in [0, 0.05) is 26.2 Å². The first-order valence-corrected chi connectivity index (χ1v) is 11.8. The van der Waals surface area contributed by atoms with Crippen molar-refractivity contribution in [2.75, 3.05) is 18.9 Å². The lowest BCUT2D eigenvalue weighted by atomic mass is 10.0. The molecule has 2 N–H and O–H groups in total. The van der Waals surface area contributed by atoms with Gasteiger partial charge in [0.1, 0.15) is 29.9 Å². The molecule has 39 heavy (non-hydrogen) atoms. The largest absolute Gasteiger partial charge is 0.406 e. The summed E-state index contributed by atoms with van der Waals surface area (Å²) in [5, 5.41) is 9.00. The second kappa shape index (κ2) is 12.5. The molecule has 1 atom stereocenters. The topological polar surface area (TPSA) is 96.3 Å². The van der Waals surface area contributed by atoms with E-state index in [9.17, 15) is 36.3 Å². The summed E-state index contributed by atoms with van der Waals surface area (Å²) in [5.41, 5.74) is 0.563. The maximum Gasteiger partial charge on any atom is 0.406 e. The summed E-state index contributed by atoms with van der Waals surface area (Å²) in [6.07, 6.45) is -3.67. The van der Waals surface area contributed by atoms with Gasteiger partial charge < -0.3 is 15.5 Å². The monoisotopic (exact) mass is 551 g/mol. The van der Waals surface area contributed by atoms with Crippen molar-refractivity contribution >= 4 is 23.4 Å². The number of benzene rings is 2. The van der Waals surface area contributed by atoms with E-state index in [4.69, 9.17) is 0 Å². The van der Waals surface area contributed by atoms with Crippen molar-refractivity contribution in [3.8, 4) is 0 Å². The number of hydrogen-bond acceptors (Lipinski definition) is 4. The van der Waals surface area contributed by atoms with Crippen LogP contribution in [-0.2, 0) is 29.0 Å². The predicted molar refractivity (Wildman–Crippen MR) is 132 cm³/mol. The van der Waals surface area contributed by atoms with Crippen LogP contribution in [0.15, 0.2) is 54.7 Å². The summed E-state index contributed by atoms with van der Waals surface area (Å²) in [6.45, 7) is 0.736. The predicted octanol–water partition coefficient (Wildman–Crippen LogP) is 3.72. The van der Waals surface area contributed by atoms with E-state index in [0.29, 0.717) is 17.0 Å². The second-order valence-corrected chi connectivity index (χ2v) is 8.73. The number of alkyl halides is 3. The molecule has 0 aliphatic rings. The molecule has 2 aromatic carbocycles. The number of hydrogen-bond donors (Lipinski definition) is 2. The van der Waals surface area contributed by atoms with Crippen LogP contribution in [0.1, 0.15) is 28.5 Å². The van der Waals surface area contributed by atoms with Gasteiger partial charge in [0.05, 0.1) is 12.1 Å². The van der Waals surface area contributed by atoms with Crippen molar-refractivity contribution in [1.29, 1.82) is 0 Å². The van der Waals surface area contributed by atoms with E-state index in [-0.39, 0.29) is 23.4 Å². The number of anilines is 1. The standard InChI is InChI=1S/C26H26F5N5O3/c1-3-36-22(10-11-32-36)25(39)34-21(13-16-4-7-18(27)8-5-16)24(38)33-20-9-6-17(12-19(20)28)14-23(37)35(2)15-26(29,30)31/h4-12,21H,3,13-15H2,1-2H3,(H,33,38)(H,34,39). The summed E-state index contributed by atoms with van der Waals surface area (Å²) in [6, 6.07) is 8.96. The minimum absolute atomic E-state index is 0.0438.